The highest BCUT2D eigenvalue weighted by Crippen LogP contribution is 2.39. The van der Waals surface area contributed by atoms with E-state index in [4.69, 9.17) is 43.6 Å². The first-order valence-electron chi connectivity index (χ1n) is 14.2. The van der Waals surface area contributed by atoms with Crippen molar-refractivity contribution in [2.45, 2.75) is 76.4 Å². The van der Waals surface area contributed by atoms with Gasteiger partial charge in [-0.1, -0.05) is 81.4 Å². The van der Waals surface area contributed by atoms with E-state index in [1.807, 2.05) is 60.7 Å². The van der Waals surface area contributed by atoms with Gasteiger partial charge in [0, 0.05) is 37.2 Å². The lowest BCUT2D eigenvalue weighted by Crippen LogP contribution is -2.61. The smallest absolute Gasteiger partial charge is 0.184 e. The van der Waals surface area contributed by atoms with Crippen LogP contribution in [0.4, 0.5) is 0 Å². The predicted molar refractivity (Wildman–Crippen MR) is 147 cm³/mol. The molecule has 0 radical (unpaired) electrons. The van der Waals surface area contributed by atoms with E-state index in [-0.39, 0.29) is 55.2 Å². The first kappa shape index (κ1) is 29.6. The lowest BCUT2D eigenvalue weighted by Gasteiger charge is -2.47. The molecule has 12 atom stereocenters. The van der Waals surface area contributed by atoms with Gasteiger partial charge in [-0.15, -0.1) is 0 Å². The fourth-order valence-electron chi connectivity index (χ4n) is 5.88. The number of methoxy groups -OCH3 is 2. The molecule has 2 aromatic carbocycles. The van der Waals surface area contributed by atoms with E-state index in [1.165, 1.54) is 0 Å². The SMILES string of the molecule is CO[C@H]1OC2COC(c3ccccc3)O[C@H]2[C@H](C)C1C.CO[C@H]1OC2COC(c3ccccc3)O[C@H]2[C@H](C)C1N. The molecular weight excluding hydrogens is 514 g/mol. The number of nitrogens with two attached hydrogens (primary N) is 1. The summed E-state index contributed by atoms with van der Waals surface area (Å²) in [7, 11) is 3.29. The molecule has 40 heavy (non-hydrogen) atoms. The van der Waals surface area contributed by atoms with Crippen LogP contribution in [0.5, 0.6) is 0 Å². The zero-order valence-electron chi connectivity index (χ0n) is 24.0. The molecule has 0 bridgehead atoms. The second-order valence-corrected chi connectivity index (χ2v) is 11.1. The van der Waals surface area contributed by atoms with E-state index in [2.05, 4.69) is 20.8 Å². The average molecular weight is 558 g/mol. The van der Waals surface area contributed by atoms with Crippen LogP contribution in [0, 0.1) is 17.8 Å². The monoisotopic (exact) mass is 557 g/mol. The lowest BCUT2D eigenvalue weighted by atomic mass is 9.84. The minimum Gasteiger partial charge on any atom is -0.356 e. The van der Waals surface area contributed by atoms with Crippen molar-refractivity contribution in [1.82, 2.24) is 0 Å². The third-order valence-corrected chi connectivity index (χ3v) is 8.56. The molecule has 6 unspecified atom stereocenters. The van der Waals surface area contributed by atoms with Crippen LogP contribution in [0.15, 0.2) is 60.7 Å². The summed E-state index contributed by atoms with van der Waals surface area (Å²) in [6.45, 7) is 7.45. The van der Waals surface area contributed by atoms with Crippen LogP contribution in [0.3, 0.4) is 0 Å². The molecule has 9 nitrogen and oxygen atoms in total. The van der Waals surface area contributed by atoms with Gasteiger partial charge in [-0.3, -0.25) is 0 Å². The van der Waals surface area contributed by atoms with Gasteiger partial charge in [0.2, 0.25) is 0 Å². The Balaban J connectivity index is 0.000000161. The van der Waals surface area contributed by atoms with Crippen molar-refractivity contribution in [2.24, 2.45) is 23.5 Å². The summed E-state index contributed by atoms with van der Waals surface area (Å²) in [4.78, 5) is 0. The Kier molecular flexibility index (Phi) is 9.89. The fourth-order valence-corrected chi connectivity index (χ4v) is 5.88. The molecule has 4 heterocycles. The first-order valence-corrected chi connectivity index (χ1v) is 14.2. The molecule has 220 valence electrons. The Morgan fingerprint density at radius 2 is 1.05 bits per heavy atom. The molecule has 0 saturated carbocycles. The lowest BCUT2D eigenvalue weighted by molar-refractivity contribution is -0.339. The van der Waals surface area contributed by atoms with Crippen LogP contribution in [0.1, 0.15) is 44.5 Å². The molecule has 4 saturated heterocycles. The highest BCUT2D eigenvalue weighted by atomic mass is 16.7. The predicted octanol–water partition coefficient (Wildman–Crippen LogP) is 4.18. The molecule has 2 aromatic rings. The summed E-state index contributed by atoms with van der Waals surface area (Å²) in [5.41, 5.74) is 8.22. The van der Waals surface area contributed by atoms with Gasteiger partial charge in [0.05, 0.1) is 31.5 Å². The summed E-state index contributed by atoms with van der Waals surface area (Å²) in [5, 5.41) is 0. The quantitative estimate of drug-likeness (QED) is 0.593. The van der Waals surface area contributed by atoms with Gasteiger partial charge in [0.15, 0.2) is 25.2 Å². The zero-order chi connectivity index (χ0) is 28.2. The van der Waals surface area contributed by atoms with Crippen LogP contribution in [0.25, 0.3) is 0 Å². The topological polar surface area (TPSA) is 99.9 Å². The van der Waals surface area contributed by atoms with Crippen molar-refractivity contribution in [3.05, 3.63) is 71.8 Å². The Morgan fingerprint density at radius 3 is 1.52 bits per heavy atom. The molecule has 6 rings (SSSR count). The molecule has 0 aromatic heterocycles. The Bertz CT molecular complexity index is 957. The van der Waals surface area contributed by atoms with Gasteiger partial charge >= 0.3 is 0 Å². The van der Waals surface area contributed by atoms with Crippen molar-refractivity contribution in [2.75, 3.05) is 27.4 Å². The molecule has 4 fully saturated rings. The van der Waals surface area contributed by atoms with E-state index in [0.29, 0.717) is 25.0 Å². The summed E-state index contributed by atoms with van der Waals surface area (Å²) in [6.07, 6.45) is -1.42. The van der Waals surface area contributed by atoms with Gasteiger partial charge in [-0.25, -0.2) is 0 Å². The molecule has 4 aliphatic rings. The highest BCUT2D eigenvalue weighted by molar-refractivity contribution is 5.17. The Labute approximate surface area is 237 Å². The van der Waals surface area contributed by atoms with Crippen molar-refractivity contribution in [1.29, 1.82) is 0 Å². The fraction of sp³-hybridized carbons (Fsp3) is 0.613. The number of benzene rings is 2. The van der Waals surface area contributed by atoms with Crippen molar-refractivity contribution >= 4 is 0 Å². The van der Waals surface area contributed by atoms with Crippen molar-refractivity contribution in [3.63, 3.8) is 0 Å². The average Bonchev–Trinajstić information content (AvgIpc) is 3.01. The Hall–Kier alpha value is -1.92. The Morgan fingerprint density at radius 1 is 0.600 bits per heavy atom. The summed E-state index contributed by atoms with van der Waals surface area (Å²) < 4.78 is 46.2. The highest BCUT2D eigenvalue weighted by Gasteiger charge is 2.47. The molecule has 9 heteroatoms. The van der Waals surface area contributed by atoms with Gasteiger partial charge < -0.3 is 43.6 Å². The second-order valence-electron chi connectivity index (χ2n) is 11.1. The largest absolute Gasteiger partial charge is 0.356 e. The summed E-state index contributed by atoms with van der Waals surface area (Å²) >= 11 is 0. The molecule has 0 aliphatic carbocycles. The minimum atomic E-state index is -0.397. The van der Waals surface area contributed by atoms with E-state index < -0.39 is 6.29 Å². The third kappa shape index (κ3) is 6.28. The summed E-state index contributed by atoms with van der Waals surface area (Å²) in [5.74, 6) is 0.818. The van der Waals surface area contributed by atoms with E-state index >= 15 is 0 Å². The van der Waals surface area contributed by atoms with Crippen molar-refractivity contribution < 1.29 is 37.9 Å². The van der Waals surface area contributed by atoms with Crippen LogP contribution in [0.2, 0.25) is 0 Å². The molecule has 0 spiro atoms. The summed E-state index contributed by atoms with van der Waals surface area (Å²) in [6, 6.07) is 19.8. The normalized spacial score (nSPS) is 41.1. The van der Waals surface area contributed by atoms with Gasteiger partial charge in [-0.2, -0.15) is 0 Å². The van der Waals surface area contributed by atoms with Crippen LogP contribution in [-0.2, 0) is 37.9 Å². The number of hydrogen-bond acceptors (Lipinski definition) is 9. The maximum atomic E-state index is 6.15. The molecular formula is C31H43NO8. The number of rotatable bonds is 4. The van der Waals surface area contributed by atoms with Gasteiger partial charge in [0.1, 0.15) is 12.2 Å². The zero-order valence-corrected chi connectivity index (χ0v) is 24.0. The molecule has 4 aliphatic heterocycles. The van der Waals surface area contributed by atoms with E-state index in [9.17, 15) is 0 Å². The first-order chi connectivity index (χ1) is 19.4. The molecule has 2 N–H and O–H groups in total. The van der Waals surface area contributed by atoms with E-state index in [0.717, 1.165) is 11.1 Å². The second kappa shape index (κ2) is 13.4. The van der Waals surface area contributed by atoms with Gasteiger partial charge in [0.25, 0.3) is 0 Å². The van der Waals surface area contributed by atoms with Gasteiger partial charge in [-0.05, 0) is 5.92 Å². The number of fused-ring (bicyclic) bond motifs is 2. The van der Waals surface area contributed by atoms with Crippen LogP contribution in [-0.4, -0.2) is 70.5 Å². The number of hydrogen-bond donors (Lipinski definition) is 1. The maximum absolute atomic E-state index is 6.15. The molecule has 0 amide bonds. The minimum absolute atomic E-state index is 0.0499. The standard InChI is InChI=1S/C16H22O4.C15H21NO4/c1-10-11(2)15(17-3)19-13-9-18-16(20-14(10)13)12-7-5-4-6-8-12;1-9-12(16)15(17-2)19-11-8-18-14(20-13(9)11)10-6-4-3-5-7-10/h4-8,10-11,13-16H,9H2,1-3H3;3-7,9,11-15H,8,16H2,1-2H3/t10-,11?,13?,14+,15+,16?;9-,11?,12?,13+,14?,15+/m11/s1. The van der Waals surface area contributed by atoms with Crippen molar-refractivity contribution in [3.8, 4) is 0 Å². The van der Waals surface area contributed by atoms with E-state index in [1.54, 1.807) is 14.2 Å². The number of ether oxygens (including phenoxy) is 8. The van der Waals surface area contributed by atoms with Crippen LogP contribution >= 0.6 is 0 Å². The van der Waals surface area contributed by atoms with Crippen LogP contribution < -0.4 is 5.73 Å². The maximum Gasteiger partial charge on any atom is 0.184 e. The third-order valence-electron chi connectivity index (χ3n) is 8.56.